The molecule has 2 aromatic heterocycles. The van der Waals surface area contributed by atoms with Gasteiger partial charge in [-0.25, -0.2) is 9.78 Å². The van der Waals surface area contributed by atoms with Crippen LogP contribution in [0.2, 0.25) is 0 Å². The second-order valence-electron chi connectivity index (χ2n) is 10.7. The Morgan fingerprint density at radius 2 is 1.97 bits per heavy atom. The molecule has 4 rings (SSSR count). The number of hydrogen-bond donors (Lipinski definition) is 1. The number of fused-ring (bicyclic) bond motifs is 1. The minimum atomic E-state index is -0.919. The monoisotopic (exact) mass is 542 g/mol. The number of carbonyl (C=O) groups is 2. The molecule has 212 valence electrons. The molecule has 1 saturated heterocycles. The van der Waals surface area contributed by atoms with Crippen molar-refractivity contribution >= 4 is 22.9 Å². The molecule has 11 nitrogen and oxygen atoms in total. The van der Waals surface area contributed by atoms with Crippen molar-refractivity contribution in [3.8, 4) is 0 Å². The molecule has 0 spiro atoms. The molecule has 0 bridgehead atoms. The molecular weight excluding hydrogens is 504 g/mol. The van der Waals surface area contributed by atoms with Crippen LogP contribution in [-0.2, 0) is 22.6 Å². The van der Waals surface area contributed by atoms with E-state index in [1.54, 1.807) is 18.9 Å². The fourth-order valence-corrected chi connectivity index (χ4v) is 5.32. The maximum Gasteiger partial charge on any atom is 0.519 e. The topological polar surface area (TPSA) is 131 Å². The van der Waals surface area contributed by atoms with Crippen molar-refractivity contribution in [2.45, 2.75) is 59.2 Å². The van der Waals surface area contributed by atoms with Crippen LogP contribution < -0.4 is 5.82 Å². The van der Waals surface area contributed by atoms with Gasteiger partial charge in [0.05, 0.1) is 23.5 Å². The van der Waals surface area contributed by atoms with Crippen molar-refractivity contribution in [1.29, 1.82) is 0 Å². The first kappa shape index (κ1) is 28.6. The molecule has 3 heterocycles. The summed E-state index contributed by atoms with van der Waals surface area (Å²) in [7, 11) is 1.67. The van der Waals surface area contributed by atoms with Gasteiger partial charge in [-0.15, -0.1) is 0 Å². The summed E-state index contributed by atoms with van der Waals surface area (Å²) < 4.78 is 17.3. The lowest BCUT2D eigenvalue weighted by Gasteiger charge is -2.42. The van der Waals surface area contributed by atoms with E-state index in [9.17, 15) is 19.5 Å². The summed E-state index contributed by atoms with van der Waals surface area (Å²) in [5, 5.41) is 9.95. The number of nitrogens with zero attached hydrogens (tertiary/aromatic N) is 4. The Kier molecular flexibility index (Phi) is 9.24. The third kappa shape index (κ3) is 6.77. The van der Waals surface area contributed by atoms with Crippen LogP contribution in [0.5, 0.6) is 0 Å². The highest BCUT2D eigenvalue weighted by Gasteiger charge is 2.38. The molecular formula is C28H38N4O7. The quantitative estimate of drug-likeness (QED) is 0.342. The summed E-state index contributed by atoms with van der Waals surface area (Å²) in [4.78, 5) is 46.4. The number of aryl methyl sites for hydroxylation is 2. The number of hydrogen-bond acceptors (Lipinski definition) is 8. The molecule has 0 saturated carbocycles. The van der Waals surface area contributed by atoms with Gasteiger partial charge in [0.15, 0.2) is 11.6 Å². The predicted octanol–water partition coefficient (Wildman–Crippen LogP) is 3.39. The summed E-state index contributed by atoms with van der Waals surface area (Å²) in [6.07, 6.45) is 2.01. The van der Waals surface area contributed by atoms with E-state index in [0.717, 1.165) is 23.9 Å². The minimum Gasteiger partial charge on any atom is -0.481 e. The van der Waals surface area contributed by atoms with Gasteiger partial charge in [0.25, 0.3) is 5.91 Å². The molecule has 1 aliphatic heterocycles. The fraction of sp³-hybridized carbons (Fsp3) is 0.571. The number of benzene rings is 1. The first-order valence-corrected chi connectivity index (χ1v) is 13.5. The van der Waals surface area contributed by atoms with Crippen LogP contribution in [0.25, 0.3) is 11.0 Å². The smallest absolute Gasteiger partial charge is 0.481 e. The second-order valence-corrected chi connectivity index (χ2v) is 10.7. The summed E-state index contributed by atoms with van der Waals surface area (Å²) >= 11 is 0. The number of ether oxygens (including phenoxy) is 1. The molecule has 1 aromatic carbocycles. The zero-order chi connectivity index (χ0) is 28.1. The highest BCUT2D eigenvalue weighted by atomic mass is 16.6. The number of piperidine rings is 1. The van der Waals surface area contributed by atoms with Crippen molar-refractivity contribution in [3.63, 3.8) is 0 Å². The van der Waals surface area contributed by atoms with Crippen molar-refractivity contribution in [2.75, 3.05) is 33.4 Å². The van der Waals surface area contributed by atoms with Gasteiger partial charge >= 0.3 is 11.8 Å². The normalized spacial score (nSPS) is 18.2. The molecule has 1 N–H and O–H groups in total. The number of unbranched alkanes of at least 4 members (excludes halogenated alkanes) is 1. The number of aliphatic carboxylic acids is 1. The molecule has 39 heavy (non-hydrogen) atoms. The van der Waals surface area contributed by atoms with Gasteiger partial charge in [-0.1, -0.05) is 26.0 Å². The van der Waals surface area contributed by atoms with Crippen molar-refractivity contribution in [3.05, 3.63) is 52.2 Å². The number of imidazole rings is 1. The minimum absolute atomic E-state index is 0.154. The lowest BCUT2D eigenvalue weighted by atomic mass is 9.92. The first-order chi connectivity index (χ1) is 18.7. The zero-order valence-corrected chi connectivity index (χ0v) is 23.1. The van der Waals surface area contributed by atoms with E-state index in [0.29, 0.717) is 50.0 Å². The fourth-order valence-electron chi connectivity index (χ4n) is 5.32. The SMILES string of the molecule is COCCCCn1c(C(=O)N(CC(C)C)[C@H]2C[C@@H](C(=O)O)CN(Cc3oc(=O)oc3C)C2)nc2ccccc21. The van der Waals surface area contributed by atoms with E-state index < -0.39 is 17.7 Å². The number of amides is 1. The van der Waals surface area contributed by atoms with Gasteiger partial charge in [0.2, 0.25) is 0 Å². The maximum absolute atomic E-state index is 14.2. The lowest BCUT2D eigenvalue weighted by molar-refractivity contribution is -0.144. The number of carboxylic acids is 1. The van der Waals surface area contributed by atoms with Gasteiger partial charge in [-0.2, -0.15) is 0 Å². The van der Waals surface area contributed by atoms with Crippen LogP contribution in [0.1, 0.15) is 55.2 Å². The Morgan fingerprint density at radius 1 is 1.21 bits per heavy atom. The van der Waals surface area contributed by atoms with Gasteiger partial charge in [0, 0.05) is 45.9 Å². The highest BCUT2D eigenvalue weighted by molar-refractivity contribution is 5.95. The van der Waals surface area contributed by atoms with Crippen LogP contribution >= 0.6 is 0 Å². The maximum atomic E-state index is 14.2. The number of para-hydroxylation sites is 2. The Hall–Kier alpha value is -3.44. The number of rotatable bonds is 12. The second kappa shape index (κ2) is 12.6. The first-order valence-electron chi connectivity index (χ1n) is 13.5. The van der Waals surface area contributed by atoms with E-state index in [-0.39, 0.29) is 31.0 Å². The molecule has 1 aliphatic rings. The van der Waals surface area contributed by atoms with Crippen LogP contribution in [0.4, 0.5) is 0 Å². The number of likely N-dealkylation sites (tertiary alicyclic amines) is 1. The van der Waals surface area contributed by atoms with Crippen LogP contribution in [0.15, 0.2) is 37.9 Å². The van der Waals surface area contributed by atoms with E-state index in [1.165, 1.54) is 0 Å². The van der Waals surface area contributed by atoms with Gasteiger partial charge in [-0.3, -0.25) is 14.5 Å². The molecule has 2 atom stereocenters. The molecule has 0 aliphatic carbocycles. The highest BCUT2D eigenvalue weighted by Crippen LogP contribution is 2.27. The Labute approximate surface area is 227 Å². The van der Waals surface area contributed by atoms with E-state index in [2.05, 4.69) is 0 Å². The third-order valence-corrected chi connectivity index (χ3v) is 7.15. The Bertz CT molecular complexity index is 1340. The molecule has 1 fully saturated rings. The molecule has 1 amide bonds. The third-order valence-electron chi connectivity index (χ3n) is 7.15. The summed E-state index contributed by atoms with van der Waals surface area (Å²) in [5.41, 5.74) is 1.64. The Balaban J connectivity index is 1.66. The van der Waals surface area contributed by atoms with Gasteiger partial charge in [-0.05, 0) is 44.2 Å². The van der Waals surface area contributed by atoms with E-state index in [1.807, 2.05) is 47.6 Å². The average molecular weight is 543 g/mol. The zero-order valence-electron chi connectivity index (χ0n) is 23.1. The molecule has 3 aromatic rings. The standard InChI is InChI=1S/C28H38N4O7/c1-18(2)14-32(21-13-20(27(34)35)15-30(16-21)17-24-19(3)38-28(36)39-24)26(33)25-29-22-9-5-6-10-23(22)31(25)11-7-8-12-37-4/h5-6,9-10,18,20-21H,7-8,11-17H2,1-4H3,(H,34,35)/t20-,21+/m1/s1. The Morgan fingerprint density at radius 3 is 2.64 bits per heavy atom. The van der Waals surface area contributed by atoms with Crippen LogP contribution in [0.3, 0.4) is 0 Å². The van der Waals surface area contributed by atoms with Crippen molar-refractivity contribution in [1.82, 2.24) is 19.4 Å². The van der Waals surface area contributed by atoms with Gasteiger partial charge in [0.1, 0.15) is 5.76 Å². The average Bonchev–Trinajstić information content (AvgIpc) is 3.42. The lowest BCUT2D eigenvalue weighted by Crippen LogP contribution is -2.55. The number of methoxy groups -OCH3 is 1. The summed E-state index contributed by atoms with van der Waals surface area (Å²) in [6, 6.07) is 7.33. The molecule has 0 radical (unpaired) electrons. The molecule has 0 unspecified atom stereocenters. The van der Waals surface area contributed by atoms with Crippen LogP contribution in [-0.4, -0.2) is 75.7 Å². The van der Waals surface area contributed by atoms with E-state index >= 15 is 0 Å². The van der Waals surface area contributed by atoms with Crippen LogP contribution in [0, 0.1) is 18.8 Å². The number of aromatic nitrogens is 2. The summed E-state index contributed by atoms with van der Waals surface area (Å²) in [6.45, 7) is 8.36. The predicted molar refractivity (Wildman–Crippen MR) is 144 cm³/mol. The van der Waals surface area contributed by atoms with Crippen molar-refractivity contribution < 1.29 is 28.3 Å². The van der Waals surface area contributed by atoms with E-state index in [4.69, 9.17) is 18.6 Å². The number of carbonyl (C=O) groups excluding carboxylic acids is 1. The van der Waals surface area contributed by atoms with Gasteiger partial charge < -0.3 is 28.1 Å². The molecule has 11 heteroatoms. The largest absolute Gasteiger partial charge is 0.519 e. The van der Waals surface area contributed by atoms with Crippen molar-refractivity contribution in [2.24, 2.45) is 11.8 Å². The summed E-state index contributed by atoms with van der Waals surface area (Å²) in [5.74, 6) is -1.36. The number of carboxylic acid groups (broad SMARTS) is 1.